The highest BCUT2D eigenvalue weighted by molar-refractivity contribution is 7.19. The number of ether oxygens (including phenoxy) is 1. The largest absolute Gasteiger partial charge is 0.492 e. The van der Waals surface area contributed by atoms with Crippen molar-refractivity contribution in [3.63, 3.8) is 0 Å². The van der Waals surface area contributed by atoms with Crippen LogP contribution in [-0.4, -0.2) is 57.7 Å². The fourth-order valence-electron chi connectivity index (χ4n) is 4.50. The highest BCUT2D eigenvalue weighted by Gasteiger charge is 2.30. The maximum absolute atomic E-state index is 12.8. The highest BCUT2D eigenvalue weighted by atomic mass is 32.1. The van der Waals surface area contributed by atoms with E-state index in [4.69, 9.17) is 10.5 Å². The summed E-state index contributed by atoms with van der Waals surface area (Å²) < 4.78 is 5.87. The molecule has 4 aromatic rings. The average molecular weight is 466 g/mol. The Bertz CT molecular complexity index is 1320. The summed E-state index contributed by atoms with van der Waals surface area (Å²) in [4.78, 5) is 25.8. The number of nitrogens with one attached hydrogen (secondary N) is 2. The number of likely N-dealkylation sites (N-methyl/N-ethyl adjacent to an activating group) is 1. The van der Waals surface area contributed by atoms with Crippen LogP contribution in [-0.2, 0) is 17.6 Å². The summed E-state index contributed by atoms with van der Waals surface area (Å²) in [7, 11) is 1.83. The van der Waals surface area contributed by atoms with Crippen molar-refractivity contribution < 1.29 is 9.53 Å². The fraction of sp³-hybridized carbons (Fsp3) is 0.391. The van der Waals surface area contributed by atoms with Crippen molar-refractivity contribution in [3.8, 4) is 5.75 Å². The number of nitrogens with two attached hydrogens (primary N) is 1. The lowest BCUT2D eigenvalue weighted by molar-refractivity contribution is -0.134. The van der Waals surface area contributed by atoms with E-state index in [1.54, 1.807) is 28.8 Å². The Morgan fingerprint density at radius 1 is 1.39 bits per heavy atom. The zero-order valence-electron chi connectivity index (χ0n) is 18.7. The Morgan fingerprint density at radius 3 is 3.09 bits per heavy atom. The van der Waals surface area contributed by atoms with Gasteiger partial charge in [-0.05, 0) is 37.8 Å². The molecule has 5 rings (SSSR count). The molecule has 0 saturated heterocycles. The second-order valence-electron chi connectivity index (χ2n) is 8.26. The number of nitrogens with zero attached hydrogens (tertiary/aromatic N) is 4. The first-order chi connectivity index (χ1) is 16.1. The number of rotatable bonds is 7. The van der Waals surface area contributed by atoms with E-state index in [0.717, 1.165) is 57.6 Å². The van der Waals surface area contributed by atoms with E-state index >= 15 is 0 Å². The fourth-order valence-corrected chi connectivity index (χ4v) is 5.77. The number of aromatic nitrogens is 4. The SMILES string of the molecule is CCOc1cc2[nH]ncc2cc1Nc1ncnc2sc3c(c12)CC[C@H](C(=O)N(C)CCN)C3. The van der Waals surface area contributed by atoms with Crippen molar-refractivity contribution in [2.75, 3.05) is 32.1 Å². The van der Waals surface area contributed by atoms with E-state index in [0.29, 0.717) is 19.7 Å². The number of anilines is 2. The molecule has 0 bridgehead atoms. The second kappa shape index (κ2) is 8.95. The third-order valence-corrected chi connectivity index (χ3v) is 7.29. The molecule has 172 valence electrons. The zero-order valence-corrected chi connectivity index (χ0v) is 19.5. The van der Waals surface area contributed by atoms with Gasteiger partial charge in [-0.1, -0.05) is 0 Å². The molecule has 1 aliphatic carbocycles. The third-order valence-electron chi connectivity index (χ3n) is 6.13. The van der Waals surface area contributed by atoms with Gasteiger partial charge in [-0.2, -0.15) is 5.10 Å². The summed E-state index contributed by atoms with van der Waals surface area (Å²) in [5.74, 6) is 1.65. The lowest BCUT2D eigenvalue weighted by atomic mass is 9.87. The number of fused-ring (bicyclic) bond motifs is 4. The second-order valence-corrected chi connectivity index (χ2v) is 9.34. The van der Waals surface area contributed by atoms with Crippen LogP contribution in [0.4, 0.5) is 11.5 Å². The van der Waals surface area contributed by atoms with E-state index in [-0.39, 0.29) is 11.8 Å². The topological polar surface area (TPSA) is 122 Å². The van der Waals surface area contributed by atoms with Crippen molar-refractivity contribution >= 4 is 49.9 Å². The molecule has 4 N–H and O–H groups in total. The van der Waals surface area contributed by atoms with Gasteiger partial charge in [0.05, 0.1) is 29.4 Å². The number of hydrogen-bond acceptors (Lipinski definition) is 8. The number of amides is 1. The number of hydrogen-bond donors (Lipinski definition) is 3. The van der Waals surface area contributed by atoms with Crippen molar-refractivity contribution in [3.05, 3.63) is 35.1 Å². The molecule has 0 fully saturated rings. The predicted octanol–water partition coefficient (Wildman–Crippen LogP) is 3.23. The lowest BCUT2D eigenvalue weighted by Gasteiger charge is -2.26. The van der Waals surface area contributed by atoms with Gasteiger partial charge in [-0.15, -0.1) is 11.3 Å². The number of aromatic amines is 1. The number of H-pyrrole nitrogens is 1. The van der Waals surface area contributed by atoms with Crippen LogP contribution in [0.5, 0.6) is 5.75 Å². The molecular weight excluding hydrogens is 438 g/mol. The van der Waals surface area contributed by atoms with Crippen LogP contribution < -0.4 is 15.8 Å². The van der Waals surface area contributed by atoms with E-state index in [9.17, 15) is 4.79 Å². The van der Waals surface area contributed by atoms with Gasteiger partial charge in [-0.3, -0.25) is 9.89 Å². The molecule has 10 heteroatoms. The molecule has 3 aromatic heterocycles. The Hall–Kier alpha value is -3.24. The monoisotopic (exact) mass is 465 g/mol. The third kappa shape index (κ3) is 4.00. The van der Waals surface area contributed by atoms with E-state index in [2.05, 4.69) is 25.5 Å². The minimum Gasteiger partial charge on any atom is -0.492 e. The van der Waals surface area contributed by atoms with Gasteiger partial charge in [0.15, 0.2) is 0 Å². The Morgan fingerprint density at radius 2 is 2.27 bits per heavy atom. The van der Waals surface area contributed by atoms with Crippen LogP contribution in [0, 0.1) is 5.92 Å². The lowest BCUT2D eigenvalue weighted by Crippen LogP contribution is -2.38. The molecule has 9 nitrogen and oxygen atoms in total. The first kappa shape index (κ1) is 21.6. The number of aryl methyl sites for hydroxylation is 1. The van der Waals surface area contributed by atoms with E-state index < -0.39 is 0 Å². The highest BCUT2D eigenvalue weighted by Crippen LogP contribution is 2.41. The Labute approximate surface area is 195 Å². The van der Waals surface area contributed by atoms with Crippen molar-refractivity contribution in [1.29, 1.82) is 0 Å². The summed E-state index contributed by atoms with van der Waals surface area (Å²) >= 11 is 1.66. The molecule has 0 radical (unpaired) electrons. The Kier molecular flexibility index (Phi) is 5.86. The summed E-state index contributed by atoms with van der Waals surface area (Å²) in [5, 5.41) is 12.6. The Balaban J connectivity index is 1.49. The molecule has 1 atom stereocenters. The smallest absolute Gasteiger partial charge is 0.225 e. The predicted molar refractivity (Wildman–Crippen MR) is 130 cm³/mol. The maximum Gasteiger partial charge on any atom is 0.225 e. The molecule has 0 aliphatic heterocycles. The summed E-state index contributed by atoms with van der Waals surface area (Å²) in [6.07, 6.45) is 5.74. The van der Waals surface area contributed by atoms with Gasteiger partial charge in [0, 0.05) is 42.4 Å². The van der Waals surface area contributed by atoms with Crippen molar-refractivity contribution in [1.82, 2.24) is 25.1 Å². The molecule has 1 aliphatic rings. The standard InChI is InChI=1S/C23H27N7O2S/c1-3-32-18-10-16-14(11-27-29-16)8-17(18)28-21-20-15-5-4-13(23(31)30(2)7-6-24)9-19(15)33-22(20)26-12-25-21/h8,10-13H,3-7,9,24H2,1-2H3,(H,27,29)(H,25,26,28)/t13-/m0/s1. The van der Waals surface area contributed by atoms with Gasteiger partial charge in [0.25, 0.3) is 0 Å². The van der Waals surface area contributed by atoms with Gasteiger partial charge >= 0.3 is 0 Å². The van der Waals surface area contributed by atoms with Crippen molar-refractivity contribution in [2.45, 2.75) is 26.2 Å². The molecule has 0 unspecified atom stereocenters. The van der Waals surface area contributed by atoms with Crippen LogP contribution in [0.1, 0.15) is 23.8 Å². The number of carbonyl (C=O) groups excluding carboxylic acids is 1. The summed E-state index contributed by atoms with van der Waals surface area (Å²) in [5.41, 5.74) is 8.62. The molecule has 0 saturated carbocycles. The molecular formula is C23H27N7O2S. The van der Waals surface area contributed by atoms with Crippen LogP contribution in [0.15, 0.2) is 24.7 Å². The van der Waals surface area contributed by atoms with Crippen LogP contribution in [0.25, 0.3) is 21.1 Å². The molecule has 3 heterocycles. The zero-order chi connectivity index (χ0) is 22.9. The minimum absolute atomic E-state index is 0.0143. The number of thiophene rings is 1. The van der Waals surface area contributed by atoms with E-state index in [1.807, 2.05) is 26.1 Å². The average Bonchev–Trinajstić information content (AvgIpc) is 3.42. The molecule has 1 aromatic carbocycles. The normalized spacial score (nSPS) is 15.5. The molecule has 0 spiro atoms. The van der Waals surface area contributed by atoms with Gasteiger partial charge in [0.2, 0.25) is 5.91 Å². The first-order valence-electron chi connectivity index (χ1n) is 11.2. The van der Waals surface area contributed by atoms with Gasteiger partial charge < -0.3 is 20.7 Å². The molecule has 33 heavy (non-hydrogen) atoms. The number of benzene rings is 1. The van der Waals surface area contributed by atoms with Crippen molar-refractivity contribution in [2.24, 2.45) is 11.7 Å². The maximum atomic E-state index is 12.8. The quantitative estimate of drug-likeness (QED) is 0.383. The summed E-state index contributed by atoms with van der Waals surface area (Å²) in [6.45, 7) is 3.57. The summed E-state index contributed by atoms with van der Waals surface area (Å²) in [6, 6.07) is 3.96. The van der Waals surface area contributed by atoms with Gasteiger partial charge in [0.1, 0.15) is 22.7 Å². The van der Waals surface area contributed by atoms with Crippen LogP contribution in [0.2, 0.25) is 0 Å². The minimum atomic E-state index is -0.0143. The van der Waals surface area contributed by atoms with Crippen LogP contribution >= 0.6 is 11.3 Å². The number of carbonyl (C=O) groups is 1. The van der Waals surface area contributed by atoms with E-state index in [1.165, 1.54) is 10.4 Å². The molecule has 1 amide bonds. The van der Waals surface area contributed by atoms with Crippen LogP contribution in [0.3, 0.4) is 0 Å². The first-order valence-corrected chi connectivity index (χ1v) is 12.0. The van der Waals surface area contributed by atoms with Gasteiger partial charge in [-0.25, -0.2) is 9.97 Å².